The van der Waals surface area contributed by atoms with Crippen molar-refractivity contribution >= 4 is 72.1 Å². The molecule has 0 spiro atoms. The first-order valence-electron chi connectivity index (χ1n) is 28.3. The van der Waals surface area contributed by atoms with E-state index >= 15 is 0 Å². The SMILES string of the molecule is CCCCn1cnc2cc(C(=O)N3CCCCC3)ccc21.Cn1cc(-c2ccc3c(=O)[nH]ccc3c2)c2ccc(C(=O)N3CCC(F)(F)CC3)cc21.Cn1cc(-c2ccc3c(=O)[nH]ncc3c2)c2ccc(C(=O)N3CCC(F)(F)CC3)cc21. The number of carbonyl (C=O) groups is 3. The number of nitrogens with zero attached hydrogens (tertiary/aromatic N) is 8. The molecule has 13 rings (SSSR count). The van der Waals surface area contributed by atoms with E-state index in [0.717, 1.165) is 110 Å². The molecule has 15 nitrogen and oxygen atoms in total. The molecule has 8 heterocycles. The van der Waals surface area contributed by atoms with Crippen molar-refractivity contribution in [2.45, 2.75) is 83.1 Å². The number of aromatic amines is 2. The van der Waals surface area contributed by atoms with Crippen LogP contribution in [-0.4, -0.2) is 117 Å². The molecule has 0 bridgehead atoms. The summed E-state index contributed by atoms with van der Waals surface area (Å²) >= 11 is 0. The fraction of sp³-hybridized carbons (Fsp3) is 0.328. The van der Waals surface area contributed by atoms with Crippen LogP contribution in [0.5, 0.6) is 0 Å². The van der Waals surface area contributed by atoms with Crippen LogP contribution in [0.3, 0.4) is 0 Å². The van der Waals surface area contributed by atoms with E-state index in [-0.39, 0.29) is 80.7 Å². The van der Waals surface area contributed by atoms with E-state index < -0.39 is 11.8 Å². The number of halogens is 4. The Bertz CT molecular complexity index is 3990. The number of aromatic nitrogens is 7. The summed E-state index contributed by atoms with van der Waals surface area (Å²) in [6.07, 6.45) is 13.7. The minimum absolute atomic E-state index is 0.0620. The van der Waals surface area contributed by atoms with Gasteiger partial charge in [-0.15, -0.1) is 0 Å². The lowest BCUT2D eigenvalue weighted by Gasteiger charge is -2.31. The van der Waals surface area contributed by atoms with Crippen LogP contribution in [-0.2, 0) is 20.6 Å². The fourth-order valence-electron chi connectivity index (χ4n) is 11.5. The molecule has 3 aliphatic heterocycles. The van der Waals surface area contributed by atoms with Gasteiger partial charge in [-0.1, -0.05) is 37.6 Å². The van der Waals surface area contributed by atoms with Crippen molar-refractivity contribution in [1.82, 2.24) is 48.6 Å². The smallest absolute Gasteiger partial charge is 0.272 e. The number of pyridine rings is 1. The molecule has 19 heteroatoms. The van der Waals surface area contributed by atoms with Gasteiger partial charge in [0.05, 0.1) is 28.9 Å². The number of hydrogen-bond donors (Lipinski definition) is 2. The van der Waals surface area contributed by atoms with Crippen LogP contribution in [0.15, 0.2) is 138 Å². The maximum Gasteiger partial charge on any atom is 0.272 e. The number of unbranched alkanes of at least 4 members (excludes halogenated alkanes) is 1. The average Bonchev–Trinajstić information content (AvgIpc) is 3.58. The molecule has 428 valence electrons. The molecule has 3 saturated heterocycles. The molecule has 10 aromatic rings. The molecule has 0 radical (unpaired) electrons. The first-order valence-corrected chi connectivity index (χ1v) is 28.3. The van der Waals surface area contributed by atoms with Crippen molar-refractivity contribution in [2.75, 3.05) is 39.3 Å². The summed E-state index contributed by atoms with van der Waals surface area (Å²) in [5, 5.41) is 11.0. The van der Waals surface area contributed by atoms with Crippen molar-refractivity contribution in [3.8, 4) is 22.3 Å². The second-order valence-corrected chi connectivity index (χ2v) is 22.0. The van der Waals surface area contributed by atoms with Crippen LogP contribution >= 0.6 is 0 Å². The zero-order chi connectivity index (χ0) is 58.2. The molecule has 0 atom stereocenters. The topological polar surface area (TPSA) is 167 Å². The number of amides is 3. The van der Waals surface area contributed by atoms with Gasteiger partial charge >= 0.3 is 0 Å². The molecular weight excluding hydrogens is 1060 g/mol. The molecule has 83 heavy (non-hydrogen) atoms. The molecule has 0 unspecified atom stereocenters. The molecular formula is C64H64F4N10O5. The number of alkyl halides is 4. The maximum absolute atomic E-state index is 13.4. The van der Waals surface area contributed by atoms with Gasteiger partial charge in [0.1, 0.15) is 0 Å². The van der Waals surface area contributed by atoms with Gasteiger partial charge in [0, 0.05) is 165 Å². The number of piperidine rings is 3. The lowest BCUT2D eigenvalue weighted by atomic mass is 10.0. The molecule has 3 aliphatic rings. The van der Waals surface area contributed by atoms with Crippen molar-refractivity contribution in [3.63, 3.8) is 0 Å². The van der Waals surface area contributed by atoms with E-state index in [9.17, 15) is 41.5 Å². The zero-order valence-electron chi connectivity index (χ0n) is 46.6. The van der Waals surface area contributed by atoms with E-state index in [1.807, 2.05) is 120 Å². The van der Waals surface area contributed by atoms with Crippen LogP contribution in [0, 0.1) is 0 Å². The summed E-state index contributed by atoms with van der Waals surface area (Å²) in [5.41, 5.74) is 9.06. The summed E-state index contributed by atoms with van der Waals surface area (Å²) in [5.74, 6) is -5.66. The largest absolute Gasteiger partial charge is 0.350 e. The Morgan fingerprint density at radius 3 is 1.60 bits per heavy atom. The van der Waals surface area contributed by atoms with E-state index in [1.165, 1.54) is 22.6 Å². The Kier molecular flexibility index (Phi) is 15.6. The number of likely N-dealkylation sites (tertiary alicyclic amines) is 3. The summed E-state index contributed by atoms with van der Waals surface area (Å²) in [7, 11) is 3.81. The summed E-state index contributed by atoms with van der Waals surface area (Å²) in [6, 6.07) is 30.0. The number of benzene rings is 5. The monoisotopic (exact) mass is 1130 g/mol. The number of imidazole rings is 1. The third-order valence-corrected chi connectivity index (χ3v) is 16.4. The maximum atomic E-state index is 13.4. The lowest BCUT2D eigenvalue weighted by Crippen LogP contribution is -2.42. The minimum atomic E-state index is -2.69. The minimum Gasteiger partial charge on any atom is -0.350 e. The van der Waals surface area contributed by atoms with Gasteiger partial charge in [0.25, 0.3) is 40.7 Å². The molecule has 5 aromatic carbocycles. The predicted octanol–water partition coefficient (Wildman–Crippen LogP) is 12.0. The van der Waals surface area contributed by atoms with Crippen LogP contribution in [0.25, 0.3) is 76.6 Å². The molecule has 3 amide bonds. The Hall–Kier alpha value is -8.87. The molecule has 2 N–H and O–H groups in total. The van der Waals surface area contributed by atoms with Crippen molar-refractivity contribution in [3.05, 3.63) is 166 Å². The summed E-state index contributed by atoms with van der Waals surface area (Å²) < 4.78 is 59.8. The van der Waals surface area contributed by atoms with Crippen LogP contribution in [0.1, 0.15) is 95.8 Å². The second-order valence-electron chi connectivity index (χ2n) is 22.0. The number of aryl methyl sites for hydroxylation is 3. The quantitative estimate of drug-likeness (QED) is 0.143. The number of rotatable bonds is 8. The fourth-order valence-corrected chi connectivity index (χ4v) is 11.5. The Labute approximate surface area is 475 Å². The lowest BCUT2D eigenvalue weighted by molar-refractivity contribution is -0.0503. The normalized spacial score (nSPS) is 16.0. The van der Waals surface area contributed by atoms with Crippen molar-refractivity contribution < 1.29 is 31.9 Å². The second kappa shape index (κ2) is 23.2. The van der Waals surface area contributed by atoms with Crippen LogP contribution in [0.4, 0.5) is 17.6 Å². The van der Waals surface area contributed by atoms with Crippen molar-refractivity contribution in [1.29, 1.82) is 0 Å². The number of carbonyl (C=O) groups excluding carboxylic acids is 3. The zero-order valence-corrected chi connectivity index (χ0v) is 46.6. The summed E-state index contributed by atoms with van der Waals surface area (Å²) in [4.78, 5) is 74.2. The van der Waals surface area contributed by atoms with Crippen molar-refractivity contribution in [2.24, 2.45) is 14.1 Å². The standard InChI is InChI=1S/C24H21F2N3O2.C23H20F2N4O2.C17H23N3O/c1-28-14-20(15-2-4-18-16(12-15)6-9-27-22(18)30)19-5-3-17(13-21(19)28)23(31)29-10-7-24(25,26)8-11-29;1-28-13-19(14-2-4-17-16(10-14)12-26-27-21(17)30)18-5-3-15(11-20(18)28)22(31)29-8-6-23(24,25)7-9-29;1-2-3-9-20-13-18-15-12-14(7-8-16(15)20)17(21)19-10-5-4-6-11-19/h2-6,9,12-14H,7-8,10-11H2,1H3,(H,27,30);2-5,10-13H,6-9H2,1H3,(H,27,30);7-8,12-13H,2-6,9-11H2,1H3. The van der Waals surface area contributed by atoms with Crippen LogP contribution < -0.4 is 11.1 Å². The number of hydrogen-bond acceptors (Lipinski definition) is 7. The highest BCUT2D eigenvalue weighted by Gasteiger charge is 2.37. The van der Waals surface area contributed by atoms with Crippen LogP contribution in [0.2, 0.25) is 0 Å². The predicted molar refractivity (Wildman–Crippen MR) is 315 cm³/mol. The van der Waals surface area contributed by atoms with Gasteiger partial charge in [0.2, 0.25) is 0 Å². The van der Waals surface area contributed by atoms with E-state index in [4.69, 9.17) is 0 Å². The molecule has 3 fully saturated rings. The third kappa shape index (κ3) is 11.8. The van der Waals surface area contributed by atoms with E-state index in [0.29, 0.717) is 21.9 Å². The molecule has 0 saturated carbocycles. The van der Waals surface area contributed by atoms with Gasteiger partial charge in [-0.25, -0.2) is 27.6 Å². The number of H-pyrrole nitrogens is 2. The highest BCUT2D eigenvalue weighted by molar-refractivity contribution is 6.05. The third-order valence-electron chi connectivity index (χ3n) is 16.4. The highest BCUT2D eigenvalue weighted by atomic mass is 19.3. The summed E-state index contributed by atoms with van der Waals surface area (Å²) in [6.45, 7) is 5.22. The van der Waals surface area contributed by atoms with Gasteiger partial charge in [0.15, 0.2) is 0 Å². The number of fused-ring (bicyclic) bond motifs is 5. The molecule has 5 aromatic heterocycles. The Morgan fingerprint density at radius 2 is 1.05 bits per heavy atom. The highest BCUT2D eigenvalue weighted by Crippen LogP contribution is 2.36. The van der Waals surface area contributed by atoms with Gasteiger partial charge in [-0.2, -0.15) is 5.10 Å². The first-order chi connectivity index (χ1) is 39.9. The van der Waals surface area contributed by atoms with Gasteiger partial charge in [-0.3, -0.25) is 24.0 Å². The van der Waals surface area contributed by atoms with Gasteiger partial charge in [-0.05, 0) is 115 Å². The number of nitrogens with one attached hydrogen (secondary N) is 2. The average molecular weight is 1130 g/mol. The molecule has 0 aliphatic carbocycles. The van der Waals surface area contributed by atoms with E-state index in [1.54, 1.807) is 36.7 Å². The van der Waals surface area contributed by atoms with Gasteiger partial charge < -0.3 is 33.4 Å². The first kappa shape index (κ1) is 56.0. The van der Waals surface area contributed by atoms with E-state index in [2.05, 4.69) is 31.7 Å². The Balaban J connectivity index is 0.000000133. The Morgan fingerprint density at radius 1 is 0.554 bits per heavy atom.